The Hall–Kier alpha value is -0.730. The van der Waals surface area contributed by atoms with Crippen LogP contribution in [0.15, 0.2) is 18.2 Å². The molecule has 17 heavy (non-hydrogen) atoms. The zero-order valence-electron chi connectivity index (χ0n) is 10.3. The van der Waals surface area contributed by atoms with Gasteiger partial charge >= 0.3 is 0 Å². The first-order valence-corrected chi connectivity index (χ1v) is 6.76. The van der Waals surface area contributed by atoms with Crippen molar-refractivity contribution in [1.82, 2.24) is 5.32 Å². The van der Waals surface area contributed by atoms with Crippen LogP contribution in [0.4, 0.5) is 0 Å². The molecule has 1 aliphatic rings. The number of hydrogen-bond donors (Lipinski definition) is 1. The Morgan fingerprint density at radius 2 is 2.35 bits per heavy atom. The van der Waals surface area contributed by atoms with Gasteiger partial charge in [0.05, 0.1) is 6.61 Å². The third-order valence-electron chi connectivity index (χ3n) is 3.25. The van der Waals surface area contributed by atoms with Crippen LogP contribution in [0, 0.1) is 6.92 Å². The van der Waals surface area contributed by atoms with Gasteiger partial charge in [0.25, 0.3) is 0 Å². The first-order chi connectivity index (χ1) is 8.25. The van der Waals surface area contributed by atoms with Crippen LogP contribution in [-0.2, 0) is 0 Å². The highest BCUT2D eigenvalue weighted by molar-refractivity contribution is 6.30. The van der Waals surface area contributed by atoms with E-state index in [9.17, 15) is 0 Å². The van der Waals surface area contributed by atoms with Crippen LogP contribution in [0.2, 0.25) is 5.02 Å². The predicted octanol–water partition coefficient (Wildman–Crippen LogP) is 3.56. The summed E-state index contributed by atoms with van der Waals surface area (Å²) < 4.78 is 5.77. The van der Waals surface area contributed by atoms with Gasteiger partial charge in [0.1, 0.15) is 5.75 Å². The van der Waals surface area contributed by atoms with Gasteiger partial charge in [0.2, 0.25) is 0 Å². The van der Waals surface area contributed by atoms with Gasteiger partial charge in [-0.05, 0) is 62.9 Å². The second-order valence-electron chi connectivity index (χ2n) is 4.69. The minimum atomic E-state index is 0.713. The summed E-state index contributed by atoms with van der Waals surface area (Å²) in [6, 6.07) is 6.48. The van der Waals surface area contributed by atoms with Crippen LogP contribution in [0.1, 0.15) is 31.2 Å². The van der Waals surface area contributed by atoms with E-state index in [4.69, 9.17) is 16.3 Å². The van der Waals surface area contributed by atoms with Gasteiger partial charge in [-0.15, -0.1) is 0 Å². The summed E-state index contributed by atoms with van der Waals surface area (Å²) in [5.41, 5.74) is 1.11. The first-order valence-electron chi connectivity index (χ1n) is 6.38. The molecule has 0 bridgehead atoms. The maximum Gasteiger partial charge on any atom is 0.122 e. The van der Waals surface area contributed by atoms with Crippen molar-refractivity contribution in [2.75, 3.05) is 13.2 Å². The zero-order chi connectivity index (χ0) is 12.1. The third-order valence-corrected chi connectivity index (χ3v) is 3.49. The second kappa shape index (κ2) is 6.27. The van der Waals surface area contributed by atoms with Gasteiger partial charge in [0.15, 0.2) is 0 Å². The number of halogens is 1. The summed E-state index contributed by atoms with van der Waals surface area (Å²) in [5, 5.41) is 4.27. The maximum atomic E-state index is 5.90. The molecule has 0 spiro atoms. The van der Waals surface area contributed by atoms with Gasteiger partial charge in [-0.3, -0.25) is 0 Å². The average Bonchev–Trinajstić information content (AvgIpc) is 2.79. The molecule has 1 heterocycles. The Bertz CT molecular complexity index is 361. The van der Waals surface area contributed by atoms with Crippen molar-refractivity contribution in [3.8, 4) is 5.75 Å². The van der Waals surface area contributed by atoms with Gasteiger partial charge in [0, 0.05) is 11.1 Å². The molecule has 0 amide bonds. The molecule has 0 saturated carbocycles. The Balaban J connectivity index is 1.70. The molecule has 3 heteroatoms. The molecule has 2 nitrogen and oxygen atoms in total. The van der Waals surface area contributed by atoms with Crippen molar-refractivity contribution in [2.45, 2.75) is 38.6 Å². The van der Waals surface area contributed by atoms with Gasteiger partial charge in [-0.1, -0.05) is 11.6 Å². The van der Waals surface area contributed by atoms with Crippen molar-refractivity contribution in [3.05, 3.63) is 28.8 Å². The number of hydrogen-bond acceptors (Lipinski definition) is 2. The van der Waals surface area contributed by atoms with Gasteiger partial charge < -0.3 is 10.1 Å². The minimum Gasteiger partial charge on any atom is -0.493 e. The molecule has 1 aromatic carbocycles. The number of nitrogens with one attached hydrogen (secondary N) is 1. The molecular weight excluding hydrogens is 234 g/mol. The second-order valence-corrected chi connectivity index (χ2v) is 5.13. The van der Waals surface area contributed by atoms with E-state index in [-0.39, 0.29) is 0 Å². The summed E-state index contributed by atoms with van der Waals surface area (Å²) >= 11 is 5.90. The lowest BCUT2D eigenvalue weighted by molar-refractivity contribution is 0.297. The Labute approximate surface area is 108 Å². The first kappa shape index (κ1) is 12.7. The lowest BCUT2D eigenvalue weighted by atomic mass is 10.1. The fraction of sp³-hybridized carbons (Fsp3) is 0.571. The number of benzene rings is 1. The number of aryl methyl sites for hydroxylation is 1. The average molecular weight is 254 g/mol. The molecule has 1 unspecified atom stereocenters. The summed E-state index contributed by atoms with van der Waals surface area (Å²) in [6.45, 7) is 4.00. The minimum absolute atomic E-state index is 0.713. The van der Waals surface area contributed by atoms with E-state index in [1.54, 1.807) is 0 Å². The highest BCUT2D eigenvalue weighted by Gasteiger charge is 2.13. The number of ether oxygens (including phenoxy) is 1. The third kappa shape index (κ3) is 3.90. The van der Waals surface area contributed by atoms with E-state index in [1.165, 1.54) is 25.8 Å². The molecule has 1 atom stereocenters. The van der Waals surface area contributed by atoms with Crippen LogP contribution in [0.25, 0.3) is 0 Å². The summed E-state index contributed by atoms with van der Waals surface area (Å²) in [6.07, 6.45) is 4.97. The fourth-order valence-electron chi connectivity index (χ4n) is 2.29. The van der Waals surface area contributed by atoms with Crippen molar-refractivity contribution in [1.29, 1.82) is 0 Å². The molecule has 1 aliphatic heterocycles. The van der Waals surface area contributed by atoms with Crippen molar-refractivity contribution in [2.24, 2.45) is 0 Å². The molecule has 94 valence electrons. The van der Waals surface area contributed by atoms with Gasteiger partial charge in [-0.2, -0.15) is 0 Å². The smallest absolute Gasteiger partial charge is 0.122 e. The van der Waals surface area contributed by atoms with Crippen molar-refractivity contribution >= 4 is 11.6 Å². The molecule has 0 aliphatic carbocycles. The molecular formula is C14H20ClNO. The Morgan fingerprint density at radius 1 is 1.47 bits per heavy atom. The van der Waals surface area contributed by atoms with Gasteiger partial charge in [-0.25, -0.2) is 0 Å². The molecule has 1 aromatic rings. The van der Waals surface area contributed by atoms with Crippen LogP contribution in [0.5, 0.6) is 5.75 Å². The van der Waals surface area contributed by atoms with E-state index in [0.717, 1.165) is 29.4 Å². The van der Waals surface area contributed by atoms with Crippen molar-refractivity contribution < 1.29 is 4.74 Å². The topological polar surface area (TPSA) is 21.3 Å². The number of rotatable bonds is 5. The largest absolute Gasteiger partial charge is 0.493 e. The van der Waals surface area contributed by atoms with E-state index in [1.807, 2.05) is 25.1 Å². The molecule has 2 rings (SSSR count). The Morgan fingerprint density at radius 3 is 3.06 bits per heavy atom. The summed E-state index contributed by atoms with van der Waals surface area (Å²) in [7, 11) is 0. The van der Waals surface area contributed by atoms with Crippen LogP contribution in [-0.4, -0.2) is 19.2 Å². The molecule has 0 aromatic heterocycles. The zero-order valence-corrected chi connectivity index (χ0v) is 11.1. The summed E-state index contributed by atoms with van der Waals surface area (Å²) in [4.78, 5) is 0. The molecule has 1 saturated heterocycles. The van der Waals surface area contributed by atoms with E-state index >= 15 is 0 Å². The highest BCUT2D eigenvalue weighted by atomic mass is 35.5. The lowest BCUT2D eigenvalue weighted by Crippen LogP contribution is -2.21. The van der Waals surface area contributed by atoms with E-state index in [2.05, 4.69) is 5.32 Å². The lowest BCUT2D eigenvalue weighted by Gasteiger charge is -2.12. The highest BCUT2D eigenvalue weighted by Crippen LogP contribution is 2.22. The Kier molecular flexibility index (Phi) is 4.69. The van der Waals surface area contributed by atoms with Crippen LogP contribution in [0.3, 0.4) is 0 Å². The molecule has 1 N–H and O–H groups in total. The van der Waals surface area contributed by atoms with Crippen LogP contribution >= 0.6 is 11.6 Å². The quantitative estimate of drug-likeness (QED) is 0.811. The predicted molar refractivity (Wildman–Crippen MR) is 71.9 cm³/mol. The van der Waals surface area contributed by atoms with E-state index in [0.29, 0.717) is 6.04 Å². The van der Waals surface area contributed by atoms with E-state index < -0.39 is 0 Å². The monoisotopic (exact) mass is 253 g/mol. The molecule has 0 radical (unpaired) electrons. The molecule has 1 fully saturated rings. The SMILES string of the molecule is Cc1cc(Cl)ccc1OCCCC1CCCN1. The summed E-state index contributed by atoms with van der Waals surface area (Å²) in [5.74, 6) is 0.953. The standard InChI is InChI=1S/C14H20ClNO/c1-11-10-12(15)6-7-14(11)17-9-3-5-13-4-2-8-16-13/h6-7,10,13,16H,2-5,8-9H2,1H3. The van der Waals surface area contributed by atoms with Crippen molar-refractivity contribution in [3.63, 3.8) is 0 Å². The van der Waals surface area contributed by atoms with Crippen LogP contribution < -0.4 is 10.1 Å². The normalized spacial score (nSPS) is 19.5. The maximum absolute atomic E-state index is 5.90. The fourth-order valence-corrected chi connectivity index (χ4v) is 2.52.